The van der Waals surface area contributed by atoms with E-state index in [2.05, 4.69) is 16.8 Å². The molecule has 0 N–H and O–H groups in total. The van der Waals surface area contributed by atoms with E-state index in [4.69, 9.17) is 0 Å². The van der Waals surface area contributed by atoms with Crippen LogP contribution < -0.4 is 0 Å². The van der Waals surface area contributed by atoms with Gasteiger partial charge in [-0.15, -0.1) is 0 Å². The van der Waals surface area contributed by atoms with E-state index >= 15 is 0 Å². The van der Waals surface area contributed by atoms with Gasteiger partial charge in [-0.3, -0.25) is 9.69 Å². The van der Waals surface area contributed by atoms with E-state index in [0.29, 0.717) is 12.6 Å². The second-order valence-electron chi connectivity index (χ2n) is 6.11. The zero-order valence-electron chi connectivity index (χ0n) is 12.1. The number of carbonyl (C=O) groups excluding carboxylic acids is 1. The lowest BCUT2D eigenvalue weighted by molar-refractivity contribution is -0.130. The van der Waals surface area contributed by atoms with Crippen LogP contribution in [-0.4, -0.2) is 74.0 Å². The van der Waals surface area contributed by atoms with E-state index in [0.717, 1.165) is 12.5 Å². The molecule has 0 aromatic rings. The molecule has 0 aromatic heterocycles. The first-order valence-corrected chi connectivity index (χ1v) is 7.20. The van der Waals surface area contributed by atoms with Crippen LogP contribution in [0.3, 0.4) is 0 Å². The molecule has 4 heteroatoms. The highest BCUT2D eigenvalue weighted by Gasteiger charge is 2.34. The van der Waals surface area contributed by atoms with Crippen molar-refractivity contribution in [3.63, 3.8) is 0 Å². The van der Waals surface area contributed by atoms with Crippen molar-refractivity contribution in [3.05, 3.63) is 0 Å². The summed E-state index contributed by atoms with van der Waals surface area (Å²) in [7, 11) is 5.91. The highest BCUT2D eigenvalue weighted by atomic mass is 16.2. The molecular formula is C14H27N3O. The van der Waals surface area contributed by atoms with E-state index in [1.165, 1.54) is 38.8 Å². The Bertz CT molecular complexity index is 285. The second kappa shape index (κ2) is 6.02. The molecule has 2 rings (SSSR count). The Balaban J connectivity index is 1.89. The van der Waals surface area contributed by atoms with Gasteiger partial charge in [0.2, 0.25) is 5.91 Å². The Labute approximate surface area is 111 Å². The van der Waals surface area contributed by atoms with Gasteiger partial charge in [0.15, 0.2) is 0 Å². The van der Waals surface area contributed by atoms with E-state index in [9.17, 15) is 4.79 Å². The maximum atomic E-state index is 11.9. The summed E-state index contributed by atoms with van der Waals surface area (Å²) in [5.74, 6) is 1.05. The zero-order valence-corrected chi connectivity index (χ0v) is 12.1. The number of rotatable bonds is 3. The van der Waals surface area contributed by atoms with Crippen LogP contribution in [0.2, 0.25) is 0 Å². The molecule has 0 radical (unpaired) electrons. The third-order valence-electron chi connectivity index (χ3n) is 4.56. The maximum Gasteiger partial charge on any atom is 0.236 e. The van der Waals surface area contributed by atoms with Crippen LogP contribution in [0, 0.1) is 5.92 Å². The quantitative estimate of drug-likeness (QED) is 0.747. The highest BCUT2D eigenvalue weighted by molar-refractivity contribution is 5.77. The summed E-state index contributed by atoms with van der Waals surface area (Å²) in [5.41, 5.74) is 0. The Morgan fingerprint density at radius 2 is 1.83 bits per heavy atom. The van der Waals surface area contributed by atoms with Crippen LogP contribution in [0.1, 0.15) is 25.7 Å². The van der Waals surface area contributed by atoms with Crippen LogP contribution in [-0.2, 0) is 4.79 Å². The van der Waals surface area contributed by atoms with E-state index in [-0.39, 0.29) is 5.91 Å². The predicted octanol–water partition coefficient (Wildman–Crippen LogP) is 0.881. The standard InChI is InChI=1S/C14H27N3O/c1-15(2)14(18)11-17-8-4-5-13(17)12-6-9-16(3)10-7-12/h12-13H,4-11H2,1-3H3. The number of nitrogens with zero attached hydrogens (tertiary/aromatic N) is 3. The van der Waals surface area contributed by atoms with Crippen molar-refractivity contribution in [1.82, 2.24) is 14.7 Å². The van der Waals surface area contributed by atoms with Crippen molar-refractivity contribution in [2.75, 3.05) is 47.3 Å². The van der Waals surface area contributed by atoms with Crippen LogP contribution in [0.15, 0.2) is 0 Å². The van der Waals surface area contributed by atoms with Gasteiger partial charge in [-0.25, -0.2) is 0 Å². The third-order valence-corrected chi connectivity index (χ3v) is 4.56. The van der Waals surface area contributed by atoms with Crippen molar-refractivity contribution in [2.24, 2.45) is 5.92 Å². The molecule has 4 nitrogen and oxygen atoms in total. The Morgan fingerprint density at radius 1 is 1.17 bits per heavy atom. The monoisotopic (exact) mass is 253 g/mol. The van der Waals surface area contributed by atoms with Gasteiger partial charge in [0, 0.05) is 20.1 Å². The Morgan fingerprint density at radius 3 is 2.44 bits per heavy atom. The molecular weight excluding hydrogens is 226 g/mol. The van der Waals surface area contributed by atoms with Gasteiger partial charge >= 0.3 is 0 Å². The molecule has 18 heavy (non-hydrogen) atoms. The maximum absolute atomic E-state index is 11.9. The van der Waals surface area contributed by atoms with Crippen molar-refractivity contribution in [1.29, 1.82) is 0 Å². The van der Waals surface area contributed by atoms with Gasteiger partial charge in [0.1, 0.15) is 0 Å². The molecule has 1 amide bonds. The summed E-state index contributed by atoms with van der Waals surface area (Å²) in [6.07, 6.45) is 5.15. The summed E-state index contributed by atoms with van der Waals surface area (Å²) >= 11 is 0. The minimum Gasteiger partial charge on any atom is -0.348 e. The van der Waals surface area contributed by atoms with Crippen LogP contribution in [0.25, 0.3) is 0 Å². The molecule has 0 aliphatic carbocycles. The molecule has 0 aromatic carbocycles. The smallest absolute Gasteiger partial charge is 0.236 e. The van der Waals surface area contributed by atoms with Crippen LogP contribution >= 0.6 is 0 Å². The molecule has 0 saturated carbocycles. The molecule has 1 atom stereocenters. The van der Waals surface area contributed by atoms with E-state index in [1.54, 1.807) is 4.90 Å². The average Bonchev–Trinajstić information content (AvgIpc) is 2.78. The number of carbonyl (C=O) groups is 1. The van der Waals surface area contributed by atoms with Gasteiger partial charge in [0.25, 0.3) is 0 Å². The lowest BCUT2D eigenvalue weighted by atomic mass is 9.88. The van der Waals surface area contributed by atoms with Gasteiger partial charge in [-0.05, 0) is 58.3 Å². The molecule has 2 fully saturated rings. The summed E-state index contributed by atoms with van der Waals surface area (Å²) < 4.78 is 0. The summed E-state index contributed by atoms with van der Waals surface area (Å²) in [5, 5.41) is 0. The van der Waals surface area contributed by atoms with Gasteiger partial charge in [-0.1, -0.05) is 0 Å². The fourth-order valence-electron chi connectivity index (χ4n) is 3.31. The number of hydrogen-bond donors (Lipinski definition) is 0. The lowest BCUT2D eigenvalue weighted by Crippen LogP contribution is -2.45. The average molecular weight is 253 g/mol. The lowest BCUT2D eigenvalue weighted by Gasteiger charge is -2.37. The summed E-state index contributed by atoms with van der Waals surface area (Å²) in [6.45, 7) is 4.16. The number of likely N-dealkylation sites (tertiary alicyclic amines) is 2. The number of piperidine rings is 1. The minimum atomic E-state index is 0.245. The number of likely N-dealkylation sites (N-methyl/N-ethyl adjacent to an activating group) is 1. The third kappa shape index (κ3) is 3.23. The fraction of sp³-hybridized carbons (Fsp3) is 0.929. The summed E-state index contributed by atoms with van der Waals surface area (Å²) in [4.78, 5) is 18.4. The van der Waals surface area contributed by atoms with Gasteiger partial charge < -0.3 is 9.80 Å². The van der Waals surface area contributed by atoms with Crippen LogP contribution in [0.5, 0.6) is 0 Å². The molecule has 2 aliphatic heterocycles. The van der Waals surface area contributed by atoms with Crippen LogP contribution in [0.4, 0.5) is 0 Å². The Kier molecular flexibility index (Phi) is 4.62. The molecule has 1 unspecified atom stereocenters. The minimum absolute atomic E-state index is 0.245. The van der Waals surface area contributed by atoms with E-state index < -0.39 is 0 Å². The number of hydrogen-bond acceptors (Lipinski definition) is 3. The van der Waals surface area contributed by atoms with E-state index in [1.807, 2.05) is 14.1 Å². The molecule has 0 bridgehead atoms. The first-order chi connectivity index (χ1) is 8.58. The molecule has 2 heterocycles. The largest absolute Gasteiger partial charge is 0.348 e. The zero-order chi connectivity index (χ0) is 13.1. The summed E-state index contributed by atoms with van der Waals surface area (Å²) in [6, 6.07) is 0.655. The fourth-order valence-corrected chi connectivity index (χ4v) is 3.31. The van der Waals surface area contributed by atoms with Gasteiger partial charge in [-0.2, -0.15) is 0 Å². The predicted molar refractivity (Wildman–Crippen MR) is 73.5 cm³/mol. The first-order valence-electron chi connectivity index (χ1n) is 7.20. The van der Waals surface area contributed by atoms with Crippen molar-refractivity contribution < 1.29 is 4.79 Å². The first kappa shape index (κ1) is 13.8. The van der Waals surface area contributed by atoms with Crippen molar-refractivity contribution in [3.8, 4) is 0 Å². The SMILES string of the molecule is CN1CCC(C2CCCN2CC(=O)N(C)C)CC1. The number of amides is 1. The van der Waals surface area contributed by atoms with Gasteiger partial charge in [0.05, 0.1) is 6.54 Å². The Hall–Kier alpha value is -0.610. The molecule has 104 valence electrons. The molecule has 2 saturated heterocycles. The van der Waals surface area contributed by atoms with Crippen molar-refractivity contribution in [2.45, 2.75) is 31.7 Å². The second-order valence-corrected chi connectivity index (χ2v) is 6.11. The highest BCUT2D eigenvalue weighted by Crippen LogP contribution is 2.30. The molecule has 0 spiro atoms. The normalized spacial score (nSPS) is 27.6. The van der Waals surface area contributed by atoms with Crippen molar-refractivity contribution >= 4 is 5.91 Å². The molecule has 2 aliphatic rings. The topological polar surface area (TPSA) is 26.8 Å².